The Morgan fingerprint density at radius 1 is 1.29 bits per heavy atom. The summed E-state index contributed by atoms with van der Waals surface area (Å²) in [6.07, 6.45) is 6.08. The van der Waals surface area contributed by atoms with Gasteiger partial charge in [-0.3, -0.25) is 0 Å². The van der Waals surface area contributed by atoms with E-state index in [0.29, 0.717) is 13.0 Å². The van der Waals surface area contributed by atoms with Crippen LogP contribution in [-0.4, -0.2) is 23.5 Å². The van der Waals surface area contributed by atoms with Crippen molar-refractivity contribution < 1.29 is 4.79 Å². The molecule has 0 bridgehead atoms. The number of nitrogens with one attached hydrogen (secondary N) is 1. The van der Waals surface area contributed by atoms with Gasteiger partial charge >= 0.3 is 6.03 Å². The highest BCUT2D eigenvalue weighted by Gasteiger charge is 2.25. The Kier molecular flexibility index (Phi) is 5.62. The van der Waals surface area contributed by atoms with Crippen molar-refractivity contribution in [1.82, 2.24) is 4.90 Å². The number of hydrogen-bond donors (Lipinski definition) is 1. The van der Waals surface area contributed by atoms with E-state index in [1.165, 1.54) is 24.8 Å². The first-order valence-corrected chi connectivity index (χ1v) is 7.72. The predicted molar refractivity (Wildman–Crippen MR) is 84.0 cm³/mol. The maximum Gasteiger partial charge on any atom is 0.322 e. The molecule has 21 heavy (non-hydrogen) atoms. The molecule has 4 nitrogen and oxygen atoms in total. The first kappa shape index (κ1) is 15.4. The molecule has 0 atom stereocenters. The van der Waals surface area contributed by atoms with Gasteiger partial charge in [0.15, 0.2) is 0 Å². The van der Waals surface area contributed by atoms with Gasteiger partial charge in [-0.15, -0.1) is 0 Å². The van der Waals surface area contributed by atoms with Crippen LogP contribution in [0.2, 0.25) is 0 Å². The minimum atomic E-state index is -0.0824. The van der Waals surface area contributed by atoms with Gasteiger partial charge in [-0.25, -0.2) is 4.79 Å². The molecule has 0 spiro atoms. The maximum absolute atomic E-state index is 12.5. The molecule has 0 heterocycles. The summed E-state index contributed by atoms with van der Waals surface area (Å²) in [4.78, 5) is 14.4. The molecule has 0 unspecified atom stereocenters. The number of rotatable bonds is 4. The van der Waals surface area contributed by atoms with Crippen LogP contribution in [0, 0.1) is 18.3 Å². The van der Waals surface area contributed by atoms with E-state index in [2.05, 4.69) is 11.4 Å². The van der Waals surface area contributed by atoms with Crippen molar-refractivity contribution >= 4 is 11.7 Å². The van der Waals surface area contributed by atoms with Crippen molar-refractivity contribution in [3.63, 3.8) is 0 Å². The molecule has 0 aromatic heterocycles. The molecule has 1 aromatic rings. The first-order valence-electron chi connectivity index (χ1n) is 7.72. The van der Waals surface area contributed by atoms with Crippen molar-refractivity contribution in [2.75, 3.05) is 11.9 Å². The molecule has 1 aromatic carbocycles. The van der Waals surface area contributed by atoms with Gasteiger partial charge in [0.05, 0.1) is 12.5 Å². The summed E-state index contributed by atoms with van der Waals surface area (Å²) in [6, 6.07) is 10.1. The average molecular weight is 285 g/mol. The summed E-state index contributed by atoms with van der Waals surface area (Å²) in [6.45, 7) is 2.53. The van der Waals surface area contributed by atoms with E-state index in [0.717, 1.165) is 18.5 Å². The number of nitriles is 1. The van der Waals surface area contributed by atoms with Crippen molar-refractivity contribution in [3.05, 3.63) is 29.8 Å². The number of nitrogens with zero attached hydrogens (tertiary/aromatic N) is 2. The van der Waals surface area contributed by atoms with Gasteiger partial charge in [-0.05, 0) is 31.9 Å². The van der Waals surface area contributed by atoms with Crippen molar-refractivity contribution in [2.24, 2.45) is 0 Å². The van der Waals surface area contributed by atoms with Crippen molar-refractivity contribution in [3.8, 4) is 6.07 Å². The van der Waals surface area contributed by atoms with Crippen LogP contribution in [0.1, 0.15) is 44.1 Å². The van der Waals surface area contributed by atoms with Crippen LogP contribution in [0.25, 0.3) is 0 Å². The molecule has 2 rings (SSSR count). The first-order chi connectivity index (χ1) is 10.2. The predicted octanol–water partition coefficient (Wildman–Crippen LogP) is 4.08. The normalized spacial score (nSPS) is 15.2. The Morgan fingerprint density at radius 2 is 1.95 bits per heavy atom. The Balaban J connectivity index is 2.02. The van der Waals surface area contributed by atoms with Crippen LogP contribution < -0.4 is 5.32 Å². The van der Waals surface area contributed by atoms with Crippen LogP contribution in [0.5, 0.6) is 0 Å². The summed E-state index contributed by atoms with van der Waals surface area (Å²) in [7, 11) is 0. The van der Waals surface area contributed by atoms with Crippen molar-refractivity contribution in [2.45, 2.75) is 51.5 Å². The van der Waals surface area contributed by atoms with Gasteiger partial charge in [0.25, 0.3) is 0 Å². The van der Waals surface area contributed by atoms with E-state index in [9.17, 15) is 4.79 Å². The molecule has 1 saturated carbocycles. The third-order valence-electron chi connectivity index (χ3n) is 4.04. The molecule has 112 valence electrons. The molecule has 0 radical (unpaired) electrons. The number of hydrogen-bond acceptors (Lipinski definition) is 2. The Labute approximate surface area is 126 Å². The van der Waals surface area contributed by atoms with Crippen LogP contribution in [0.4, 0.5) is 10.5 Å². The third-order valence-corrected chi connectivity index (χ3v) is 4.04. The van der Waals surface area contributed by atoms with E-state index in [1.807, 2.05) is 36.1 Å². The Morgan fingerprint density at radius 3 is 2.57 bits per heavy atom. The zero-order chi connectivity index (χ0) is 15.1. The topological polar surface area (TPSA) is 56.1 Å². The van der Waals surface area contributed by atoms with Crippen LogP contribution in [0.3, 0.4) is 0 Å². The van der Waals surface area contributed by atoms with E-state index in [4.69, 9.17) is 5.26 Å². The number of urea groups is 1. The molecule has 1 fully saturated rings. The highest BCUT2D eigenvalue weighted by molar-refractivity contribution is 5.89. The molecule has 1 aliphatic rings. The fraction of sp³-hybridized carbons (Fsp3) is 0.529. The number of anilines is 1. The molecule has 1 N–H and O–H groups in total. The zero-order valence-corrected chi connectivity index (χ0v) is 12.6. The molecular formula is C17H23N3O. The summed E-state index contributed by atoms with van der Waals surface area (Å²) < 4.78 is 0. The van der Waals surface area contributed by atoms with E-state index >= 15 is 0 Å². The second kappa shape index (κ2) is 7.68. The molecule has 0 aliphatic heterocycles. The van der Waals surface area contributed by atoms with E-state index in [1.54, 1.807) is 0 Å². The van der Waals surface area contributed by atoms with Gasteiger partial charge in [0, 0.05) is 18.3 Å². The highest BCUT2D eigenvalue weighted by atomic mass is 16.2. The van der Waals surface area contributed by atoms with Crippen LogP contribution in [0.15, 0.2) is 24.3 Å². The largest absolute Gasteiger partial charge is 0.322 e. The Bertz CT molecular complexity index is 498. The Hall–Kier alpha value is -2.02. The SMILES string of the molecule is Cc1ccc(NC(=O)N(CCC#N)C2CCCCC2)cc1. The number of benzene rings is 1. The smallest absolute Gasteiger partial charge is 0.321 e. The second-order valence-electron chi connectivity index (χ2n) is 5.69. The highest BCUT2D eigenvalue weighted by Crippen LogP contribution is 2.23. The fourth-order valence-corrected chi connectivity index (χ4v) is 2.85. The van der Waals surface area contributed by atoms with Crippen LogP contribution >= 0.6 is 0 Å². The lowest BCUT2D eigenvalue weighted by atomic mass is 9.94. The molecule has 2 amide bonds. The maximum atomic E-state index is 12.5. The lowest BCUT2D eigenvalue weighted by Crippen LogP contribution is -2.44. The van der Waals surface area contributed by atoms with Gasteiger partial charge < -0.3 is 10.2 Å². The fourth-order valence-electron chi connectivity index (χ4n) is 2.85. The summed E-state index contributed by atoms with van der Waals surface area (Å²) in [5.74, 6) is 0. The standard InChI is InChI=1S/C17H23N3O/c1-14-8-10-15(11-9-14)19-17(21)20(13-5-12-18)16-6-3-2-4-7-16/h8-11,16H,2-7,13H2,1H3,(H,19,21). The van der Waals surface area contributed by atoms with Gasteiger partial charge in [-0.1, -0.05) is 37.0 Å². The summed E-state index contributed by atoms with van der Waals surface area (Å²) in [5, 5.41) is 11.8. The van der Waals surface area contributed by atoms with Gasteiger partial charge in [-0.2, -0.15) is 5.26 Å². The van der Waals surface area contributed by atoms with E-state index < -0.39 is 0 Å². The minimum absolute atomic E-state index is 0.0824. The average Bonchev–Trinajstić information content (AvgIpc) is 2.51. The summed E-state index contributed by atoms with van der Waals surface area (Å²) in [5.41, 5.74) is 1.98. The number of aryl methyl sites for hydroxylation is 1. The zero-order valence-electron chi connectivity index (χ0n) is 12.6. The monoisotopic (exact) mass is 285 g/mol. The quantitative estimate of drug-likeness (QED) is 0.906. The number of carbonyl (C=O) groups excluding carboxylic acids is 1. The second-order valence-corrected chi connectivity index (χ2v) is 5.69. The number of amides is 2. The molecule has 4 heteroatoms. The minimum Gasteiger partial charge on any atom is -0.321 e. The molecule has 0 saturated heterocycles. The summed E-state index contributed by atoms with van der Waals surface area (Å²) >= 11 is 0. The molecular weight excluding hydrogens is 262 g/mol. The van der Waals surface area contributed by atoms with Gasteiger partial charge in [0.1, 0.15) is 0 Å². The van der Waals surface area contributed by atoms with Crippen LogP contribution in [-0.2, 0) is 0 Å². The molecule has 1 aliphatic carbocycles. The third kappa shape index (κ3) is 4.49. The van der Waals surface area contributed by atoms with E-state index in [-0.39, 0.29) is 12.1 Å². The lowest BCUT2D eigenvalue weighted by molar-refractivity contribution is 0.169. The lowest BCUT2D eigenvalue weighted by Gasteiger charge is -2.34. The van der Waals surface area contributed by atoms with Gasteiger partial charge in [0.2, 0.25) is 0 Å². The van der Waals surface area contributed by atoms with Crippen molar-refractivity contribution in [1.29, 1.82) is 5.26 Å². The number of carbonyl (C=O) groups is 1.